The third kappa shape index (κ3) is 2.29. The maximum absolute atomic E-state index is 12.1. The Labute approximate surface area is 101 Å². The number of carbonyl (C=O) groups excluding carboxylic acids is 1. The van der Waals surface area contributed by atoms with Gasteiger partial charge in [0.2, 0.25) is 5.91 Å². The van der Waals surface area contributed by atoms with E-state index in [1.54, 1.807) is 4.90 Å². The number of hydrogen-bond acceptors (Lipinski definition) is 3. The van der Waals surface area contributed by atoms with E-state index in [1.807, 2.05) is 6.92 Å². The number of carbonyl (C=O) groups is 2. The van der Waals surface area contributed by atoms with Gasteiger partial charge < -0.3 is 15.7 Å². The van der Waals surface area contributed by atoms with Crippen molar-refractivity contribution in [3.63, 3.8) is 0 Å². The van der Waals surface area contributed by atoms with Crippen LogP contribution in [0.2, 0.25) is 0 Å². The molecule has 1 heterocycles. The largest absolute Gasteiger partial charge is 0.481 e. The monoisotopic (exact) mass is 240 g/mol. The Balaban J connectivity index is 1.94. The van der Waals surface area contributed by atoms with Gasteiger partial charge in [0.15, 0.2) is 0 Å². The lowest BCUT2D eigenvalue weighted by Crippen LogP contribution is -2.51. The van der Waals surface area contributed by atoms with E-state index in [-0.39, 0.29) is 17.5 Å². The summed E-state index contributed by atoms with van der Waals surface area (Å²) in [4.78, 5) is 24.7. The minimum atomic E-state index is -0.807. The van der Waals surface area contributed by atoms with Gasteiger partial charge in [-0.1, -0.05) is 0 Å². The molecule has 1 amide bonds. The second kappa shape index (κ2) is 4.29. The maximum atomic E-state index is 12.1. The molecule has 0 radical (unpaired) electrons. The molecule has 17 heavy (non-hydrogen) atoms. The third-order valence-electron chi connectivity index (χ3n) is 4.25. The number of hydrogen-bond donors (Lipinski definition) is 2. The zero-order valence-corrected chi connectivity index (χ0v) is 10.2. The molecule has 0 aromatic rings. The van der Waals surface area contributed by atoms with Crippen molar-refractivity contribution in [3.8, 4) is 0 Å². The summed E-state index contributed by atoms with van der Waals surface area (Å²) >= 11 is 0. The number of carboxylic acid groups (broad SMARTS) is 1. The van der Waals surface area contributed by atoms with Gasteiger partial charge >= 0.3 is 5.97 Å². The summed E-state index contributed by atoms with van der Waals surface area (Å²) in [6.07, 6.45) is 3.83. The molecule has 0 spiro atoms. The molecule has 2 atom stereocenters. The second-order valence-electron chi connectivity index (χ2n) is 5.45. The van der Waals surface area contributed by atoms with Crippen molar-refractivity contribution in [2.45, 2.75) is 50.6 Å². The van der Waals surface area contributed by atoms with E-state index in [0.29, 0.717) is 19.4 Å². The Morgan fingerprint density at radius 3 is 2.53 bits per heavy atom. The average molecular weight is 240 g/mol. The van der Waals surface area contributed by atoms with Crippen molar-refractivity contribution in [2.75, 3.05) is 6.54 Å². The standard InChI is InChI=1S/C12H20N2O3/c1-8-9(11(16)17)3-6-14(8)10(15)7-12(13)4-2-5-12/h8-9H,2-7,13H2,1H3,(H,16,17). The van der Waals surface area contributed by atoms with E-state index < -0.39 is 11.9 Å². The SMILES string of the molecule is CC1C(C(=O)O)CCN1C(=O)CC1(N)CCC1. The van der Waals surface area contributed by atoms with Gasteiger partial charge in [0, 0.05) is 24.5 Å². The molecule has 2 fully saturated rings. The number of carboxylic acids is 1. The Morgan fingerprint density at radius 2 is 2.12 bits per heavy atom. The topological polar surface area (TPSA) is 83.6 Å². The highest BCUT2D eigenvalue weighted by atomic mass is 16.4. The van der Waals surface area contributed by atoms with Crippen molar-refractivity contribution in [3.05, 3.63) is 0 Å². The number of nitrogens with zero attached hydrogens (tertiary/aromatic N) is 1. The first-order valence-corrected chi connectivity index (χ1v) is 6.24. The molecule has 2 unspecified atom stereocenters. The Morgan fingerprint density at radius 1 is 1.47 bits per heavy atom. The van der Waals surface area contributed by atoms with Crippen LogP contribution in [0, 0.1) is 5.92 Å². The predicted molar refractivity (Wildman–Crippen MR) is 62.3 cm³/mol. The van der Waals surface area contributed by atoms with Crippen LogP contribution >= 0.6 is 0 Å². The van der Waals surface area contributed by atoms with Crippen LogP contribution in [-0.4, -0.2) is 40.0 Å². The highest BCUT2D eigenvalue weighted by Gasteiger charge is 2.41. The first kappa shape index (κ1) is 12.4. The molecule has 5 heteroatoms. The molecule has 0 aromatic heterocycles. The lowest BCUT2D eigenvalue weighted by atomic mass is 9.75. The number of likely N-dealkylation sites (tertiary alicyclic amines) is 1. The highest BCUT2D eigenvalue weighted by Crippen LogP contribution is 2.34. The fraction of sp³-hybridized carbons (Fsp3) is 0.833. The summed E-state index contributed by atoms with van der Waals surface area (Å²) in [6, 6.07) is -0.205. The first-order chi connectivity index (χ1) is 7.93. The van der Waals surface area contributed by atoms with E-state index in [9.17, 15) is 9.59 Å². The molecule has 1 aliphatic carbocycles. The molecule has 5 nitrogen and oxygen atoms in total. The first-order valence-electron chi connectivity index (χ1n) is 6.24. The highest BCUT2D eigenvalue weighted by molar-refractivity contribution is 5.80. The van der Waals surface area contributed by atoms with Gasteiger partial charge in [-0.2, -0.15) is 0 Å². The molecule has 2 aliphatic rings. The molecule has 0 aromatic carbocycles. The molecule has 1 saturated heterocycles. The van der Waals surface area contributed by atoms with Crippen LogP contribution in [0.3, 0.4) is 0 Å². The predicted octanol–water partition coefficient (Wildman–Crippen LogP) is 0.579. The van der Waals surface area contributed by atoms with Crippen LogP contribution in [0.4, 0.5) is 0 Å². The van der Waals surface area contributed by atoms with Crippen molar-refractivity contribution in [1.82, 2.24) is 4.90 Å². The number of rotatable bonds is 3. The fourth-order valence-electron chi connectivity index (χ4n) is 2.83. The van der Waals surface area contributed by atoms with Gasteiger partial charge in [0.1, 0.15) is 0 Å². The smallest absolute Gasteiger partial charge is 0.308 e. The third-order valence-corrected chi connectivity index (χ3v) is 4.25. The summed E-state index contributed by atoms with van der Waals surface area (Å²) < 4.78 is 0. The van der Waals surface area contributed by atoms with E-state index in [4.69, 9.17) is 10.8 Å². The van der Waals surface area contributed by atoms with E-state index in [0.717, 1.165) is 19.3 Å². The summed E-state index contributed by atoms with van der Waals surface area (Å²) in [5.41, 5.74) is 5.73. The molecule has 0 bridgehead atoms. The van der Waals surface area contributed by atoms with Gasteiger partial charge in [0.25, 0.3) is 0 Å². The van der Waals surface area contributed by atoms with Crippen LogP contribution in [0.15, 0.2) is 0 Å². The number of aliphatic carboxylic acids is 1. The van der Waals surface area contributed by atoms with Crippen LogP contribution in [0.25, 0.3) is 0 Å². The quantitative estimate of drug-likeness (QED) is 0.755. The molecular formula is C12H20N2O3. The summed E-state index contributed by atoms with van der Waals surface area (Å²) in [5, 5.41) is 9.01. The van der Waals surface area contributed by atoms with Crippen molar-refractivity contribution in [2.24, 2.45) is 11.7 Å². The van der Waals surface area contributed by atoms with Crippen LogP contribution < -0.4 is 5.73 Å². The summed E-state index contributed by atoms with van der Waals surface area (Å²) in [5.74, 6) is -1.21. The van der Waals surface area contributed by atoms with Gasteiger partial charge in [-0.25, -0.2) is 0 Å². The maximum Gasteiger partial charge on any atom is 0.308 e. The Hall–Kier alpha value is -1.10. The summed E-state index contributed by atoms with van der Waals surface area (Å²) in [6.45, 7) is 2.36. The van der Waals surface area contributed by atoms with Crippen LogP contribution in [0.1, 0.15) is 39.0 Å². The molecule has 3 N–H and O–H groups in total. The normalized spacial score (nSPS) is 31.1. The van der Waals surface area contributed by atoms with E-state index in [1.165, 1.54) is 0 Å². The molecule has 2 rings (SSSR count). The minimum absolute atomic E-state index is 0.0171. The van der Waals surface area contributed by atoms with Gasteiger partial charge in [-0.05, 0) is 32.6 Å². The van der Waals surface area contributed by atoms with E-state index in [2.05, 4.69) is 0 Å². The second-order valence-corrected chi connectivity index (χ2v) is 5.45. The Kier molecular flexibility index (Phi) is 3.12. The van der Waals surface area contributed by atoms with Gasteiger partial charge in [0.05, 0.1) is 5.92 Å². The minimum Gasteiger partial charge on any atom is -0.481 e. The fourth-order valence-corrected chi connectivity index (χ4v) is 2.83. The molecule has 96 valence electrons. The van der Waals surface area contributed by atoms with Crippen molar-refractivity contribution in [1.29, 1.82) is 0 Å². The average Bonchev–Trinajstić information content (AvgIpc) is 2.57. The Bertz CT molecular complexity index is 339. The van der Waals surface area contributed by atoms with Crippen molar-refractivity contribution >= 4 is 11.9 Å². The van der Waals surface area contributed by atoms with Crippen molar-refractivity contribution < 1.29 is 14.7 Å². The van der Waals surface area contributed by atoms with Gasteiger partial charge in [-0.15, -0.1) is 0 Å². The van der Waals surface area contributed by atoms with Crippen LogP contribution in [-0.2, 0) is 9.59 Å². The zero-order chi connectivity index (χ0) is 12.6. The molecular weight excluding hydrogens is 220 g/mol. The molecule has 1 aliphatic heterocycles. The lowest BCUT2D eigenvalue weighted by molar-refractivity contribution is -0.143. The number of amides is 1. The summed E-state index contributed by atoms with van der Waals surface area (Å²) in [7, 11) is 0. The lowest BCUT2D eigenvalue weighted by Gasteiger charge is -2.39. The van der Waals surface area contributed by atoms with E-state index >= 15 is 0 Å². The van der Waals surface area contributed by atoms with Crippen LogP contribution in [0.5, 0.6) is 0 Å². The number of nitrogens with two attached hydrogens (primary N) is 1. The zero-order valence-electron chi connectivity index (χ0n) is 10.2. The van der Waals surface area contributed by atoms with Gasteiger partial charge in [-0.3, -0.25) is 9.59 Å². The molecule has 1 saturated carbocycles.